The summed E-state index contributed by atoms with van der Waals surface area (Å²) in [6.45, 7) is 6.89. The van der Waals surface area contributed by atoms with E-state index in [0.29, 0.717) is 0 Å². The van der Waals surface area contributed by atoms with Gasteiger partial charge in [0.05, 0.1) is 34.2 Å². The van der Waals surface area contributed by atoms with Crippen LogP contribution in [-0.2, 0) is 5.41 Å². The van der Waals surface area contributed by atoms with Gasteiger partial charge in [-0.2, -0.15) is 0 Å². The van der Waals surface area contributed by atoms with E-state index in [2.05, 4.69) is 275 Å². The molecule has 0 unspecified atom stereocenters. The summed E-state index contributed by atoms with van der Waals surface area (Å²) in [5.41, 5.74) is 35.8. The maximum Gasteiger partial charge on any atom is 0.258 e. The summed E-state index contributed by atoms with van der Waals surface area (Å²) in [6, 6.07) is 71.9. The van der Waals surface area contributed by atoms with Gasteiger partial charge >= 0.3 is 0 Å². The van der Waals surface area contributed by atoms with Crippen LogP contribution in [0.25, 0.3) is 101 Å². The van der Waals surface area contributed by atoms with E-state index in [1.54, 1.807) is 0 Å². The van der Waals surface area contributed by atoms with E-state index in [1.165, 1.54) is 95.1 Å². The Morgan fingerprint density at radius 1 is 0.453 bits per heavy atom. The second kappa shape index (κ2) is 16.6. The van der Waals surface area contributed by atoms with Crippen LogP contribution in [0.3, 0.4) is 0 Å². The van der Waals surface area contributed by atoms with Crippen molar-refractivity contribution in [2.75, 3.05) is 0 Å². The van der Waals surface area contributed by atoms with Gasteiger partial charge in [0.25, 0.3) is 6.71 Å². The lowest BCUT2D eigenvalue weighted by Crippen LogP contribution is -2.60. The number of aromatic nitrogens is 4. The molecule has 6 heterocycles. The van der Waals surface area contributed by atoms with Crippen LogP contribution >= 0.6 is 0 Å². The topological polar surface area (TPSA) is 18.7 Å². The van der Waals surface area contributed by atoms with Crippen molar-refractivity contribution in [3.63, 3.8) is 0 Å². The van der Waals surface area contributed by atoms with Crippen LogP contribution in [0.2, 0.25) is 0 Å². The highest BCUT2D eigenvalue weighted by Gasteiger charge is 2.50. The maximum absolute atomic E-state index is 3.73. The monoisotopic (exact) mass is 958 g/mol. The summed E-state index contributed by atoms with van der Waals surface area (Å²) in [6.07, 6.45) is 15.3. The van der Waals surface area contributed by atoms with Gasteiger partial charge in [0.1, 0.15) is 11.3 Å². The average Bonchev–Trinajstić information content (AvgIpc) is 4.41. The molecule has 11 aromatic rings. The standard InChI is InChI=1S/C70H51BN4/c1-70(2,3)54-44-55-59-56(45-54)73-65(51-38-22-9-23-39-51)67(53-42-26-11-27-43-53)75-63(49-34-18-7-19-35-49)58(47-30-14-5-15-31-47)61(69(73)75)71(59)60-57(46-28-12-4-13-29-46)62(48-32-16-6-17-33-48)74-66(52-40-24-10-25-41-52)64(72(55)68(60)74)50-36-20-8-21-37-50/h4-12,14,16-28,30,32-45H,13,29H2,1-3H3. The van der Waals surface area contributed by atoms with Crippen molar-refractivity contribution in [2.24, 2.45) is 0 Å². The van der Waals surface area contributed by atoms with E-state index in [0.717, 1.165) is 52.2 Å². The predicted molar refractivity (Wildman–Crippen MR) is 313 cm³/mol. The number of rotatable bonds is 8. The molecule has 4 nitrogen and oxygen atoms in total. The number of nitrogens with zero attached hydrogens (tertiary/aromatic N) is 4. The Kier molecular flexibility index (Phi) is 9.62. The Hall–Kier alpha value is -9.24. The van der Waals surface area contributed by atoms with E-state index in [9.17, 15) is 0 Å². The zero-order valence-electron chi connectivity index (χ0n) is 42.2. The zero-order valence-corrected chi connectivity index (χ0v) is 42.2. The fraction of sp³-hybridized carbons (Fsp3) is 0.0857. The van der Waals surface area contributed by atoms with Crippen molar-refractivity contribution in [1.29, 1.82) is 0 Å². The molecule has 0 atom stereocenters. The first-order valence-corrected chi connectivity index (χ1v) is 26.4. The third-order valence-electron chi connectivity index (χ3n) is 16.0. The Morgan fingerprint density at radius 2 is 0.867 bits per heavy atom. The largest absolute Gasteiger partial charge is 0.294 e. The van der Waals surface area contributed by atoms with Crippen molar-refractivity contribution in [3.8, 4) is 78.9 Å². The van der Waals surface area contributed by atoms with Crippen LogP contribution in [0.1, 0.15) is 50.3 Å². The van der Waals surface area contributed by atoms with Crippen molar-refractivity contribution < 1.29 is 0 Å². The molecule has 0 N–H and O–H groups in total. The summed E-state index contributed by atoms with van der Waals surface area (Å²) < 4.78 is 10.7. The average molecular weight is 959 g/mol. The molecule has 75 heavy (non-hydrogen) atoms. The lowest BCUT2D eigenvalue weighted by Gasteiger charge is -2.35. The minimum Gasteiger partial charge on any atom is -0.294 e. The number of hydrogen-bond donors (Lipinski definition) is 0. The molecule has 4 aromatic heterocycles. The normalized spacial score (nSPS) is 14.0. The molecular weight excluding hydrogens is 908 g/mol. The summed E-state index contributed by atoms with van der Waals surface area (Å²) in [5.74, 6) is 0. The summed E-state index contributed by atoms with van der Waals surface area (Å²) in [5, 5.41) is 0. The third kappa shape index (κ3) is 6.33. The van der Waals surface area contributed by atoms with Gasteiger partial charge in [0, 0.05) is 50.3 Å². The molecule has 4 aliphatic rings. The van der Waals surface area contributed by atoms with Gasteiger partial charge in [-0.25, -0.2) is 0 Å². The molecule has 7 aromatic carbocycles. The first kappa shape index (κ1) is 43.4. The second-order valence-corrected chi connectivity index (χ2v) is 21.3. The number of imidazole rings is 2. The van der Waals surface area contributed by atoms with Crippen LogP contribution < -0.4 is 16.4 Å². The van der Waals surface area contributed by atoms with Gasteiger partial charge in [0.2, 0.25) is 0 Å². The quantitative estimate of drug-likeness (QED) is 0.107. The molecule has 2 aliphatic carbocycles. The molecule has 0 spiro atoms. The fourth-order valence-electron chi connectivity index (χ4n) is 12.9. The SMILES string of the molecule is CC(C)(C)c1cc2c3c(c1)-n1c(-c4ccccc4)c(-c4ccccc4)n4c(-c5ccccc5)c(C5=CC=CCC5)c(c14)B3c1c(C3=C=C=CC=C3)c(-c3ccccc3)n3c(-c4ccccc4)c(-c4ccccc4)n-2c13. The molecule has 2 aliphatic heterocycles. The minimum absolute atomic E-state index is 0.211. The molecule has 0 fully saturated rings. The molecule has 0 bridgehead atoms. The highest BCUT2D eigenvalue weighted by Crippen LogP contribution is 2.50. The van der Waals surface area contributed by atoms with Crippen molar-refractivity contribution in [2.45, 2.75) is 39.0 Å². The molecule has 0 saturated heterocycles. The second-order valence-electron chi connectivity index (χ2n) is 21.3. The molecule has 15 rings (SSSR count). The highest BCUT2D eigenvalue weighted by molar-refractivity contribution is 7.01. The Labute approximate surface area is 437 Å². The van der Waals surface area contributed by atoms with Crippen molar-refractivity contribution >= 4 is 45.5 Å². The smallest absolute Gasteiger partial charge is 0.258 e. The molecule has 0 saturated carbocycles. The molecule has 5 heteroatoms. The number of benzene rings is 7. The number of hydrogen-bond acceptors (Lipinski definition) is 0. The van der Waals surface area contributed by atoms with Crippen LogP contribution in [0, 0.1) is 0 Å². The third-order valence-corrected chi connectivity index (χ3v) is 16.0. The van der Waals surface area contributed by atoms with Crippen molar-refractivity contribution in [3.05, 3.63) is 259 Å². The van der Waals surface area contributed by atoms with E-state index in [1.807, 2.05) is 6.08 Å². The Bertz CT molecular complexity index is 4350. The molecule has 0 amide bonds. The lowest BCUT2D eigenvalue weighted by molar-refractivity contribution is 0.589. The van der Waals surface area contributed by atoms with E-state index < -0.39 is 0 Å². The van der Waals surface area contributed by atoms with E-state index in [4.69, 9.17) is 0 Å². The van der Waals surface area contributed by atoms with Gasteiger partial charge in [0.15, 0.2) is 0 Å². The maximum atomic E-state index is 3.73. The fourth-order valence-corrected chi connectivity index (χ4v) is 12.9. The highest BCUT2D eigenvalue weighted by atomic mass is 15.2. The summed E-state index contributed by atoms with van der Waals surface area (Å²) >= 11 is 0. The van der Waals surface area contributed by atoms with Gasteiger partial charge in [-0.1, -0.05) is 239 Å². The van der Waals surface area contributed by atoms with Gasteiger partial charge < -0.3 is 0 Å². The predicted octanol–water partition coefficient (Wildman–Crippen LogP) is 15.2. The molecule has 354 valence electrons. The van der Waals surface area contributed by atoms with Crippen LogP contribution in [-0.4, -0.2) is 24.6 Å². The summed E-state index contributed by atoms with van der Waals surface area (Å²) in [7, 11) is 0. The first-order chi connectivity index (χ1) is 37.0. The lowest BCUT2D eigenvalue weighted by atomic mass is 9.33. The van der Waals surface area contributed by atoms with Gasteiger partial charge in [-0.05, 0) is 81.2 Å². The van der Waals surface area contributed by atoms with Gasteiger partial charge in [-0.15, -0.1) is 0 Å². The first-order valence-electron chi connectivity index (χ1n) is 26.4. The zero-order chi connectivity index (χ0) is 49.9. The Balaban J connectivity index is 1.27. The van der Waals surface area contributed by atoms with E-state index in [-0.39, 0.29) is 12.1 Å². The van der Waals surface area contributed by atoms with Crippen LogP contribution in [0.4, 0.5) is 0 Å². The van der Waals surface area contributed by atoms with Crippen LogP contribution in [0.15, 0.2) is 242 Å². The van der Waals surface area contributed by atoms with Crippen LogP contribution in [0.5, 0.6) is 0 Å². The molecular formula is C70H51BN4. The number of allylic oxidation sites excluding steroid dienone is 8. The molecule has 0 radical (unpaired) electrons. The Morgan fingerprint density at radius 3 is 1.27 bits per heavy atom. The number of fused-ring (bicyclic) bond motifs is 4. The minimum atomic E-state index is -0.223. The van der Waals surface area contributed by atoms with E-state index >= 15 is 0 Å². The van der Waals surface area contributed by atoms with Crippen molar-refractivity contribution in [1.82, 2.24) is 17.9 Å². The van der Waals surface area contributed by atoms with Gasteiger partial charge in [-0.3, -0.25) is 17.9 Å². The summed E-state index contributed by atoms with van der Waals surface area (Å²) in [4.78, 5) is 0.